The van der Waals surface area contributed by atoms with Gasteiger partial charge in [0, 0.05) is 12.6 Å². The largest absolute Gasteiger partial charge is 0.450 e. The number of ether oxygens (including phenoxy) is 1. The van der Waals surface area contributed by atoms with E-state index in [4.69, 9.17) is 10.5 Å². The third kappa shape index (κ3) is 3.31. The second-order valence-corrected chi connectivity index (χ2v) is 4.12. The fourth-order valence-electron chi connectivity index (χ4n) is 1.71. The number of hydrogen-bond acceptors (Lipinski definition) is 6. The number of benzene rings is 2. The molecule has 0 unspecified atom stereocenters. The van der Waals surface area contributed by atoms with Crippen LogP contribution in [0.4, 0.5) is 11.4 Å². The second kappa shape index (κ2) is 5.97. The zero-order valence-electron chi connectivity index (χ0n) is 10.8. The van der Waals surface area contributed by atoms with Crippen molar-refractivity contribution in [2.75, 3.05) is 0 Å². The van der Waals surface area contributed by atoms with Gasteiger partial charge in [-0.1, -0.05) is 12.1 Å². The van der Waals surface area contributed by atoms with Gasteiger partial charge in [0.2, 0.25) is 5.75 Å². The van der Waals surface area contributed by atoms with Gasteiger partial charge in [-0.25, -0.2) is 0 Å². The third-order valence-electron chi connectivity index (χ3n) is 2.71. The Balaban J connectivity index is 2.38. The zero-order chi connectivity index (χ0) is 15.4. The molecule has 2 aromatic rings. The molecule has 0 aliphatic heterocycles. The highest BCUT2D eigenvalue weighted by Gasteiger charge is 2.21. The molecule has 0 saturated carbocycles. The van der Waals surface area contributed by atoms with Gasteiger partial charge >= 0.3 is 5.69 Å². The lowest BCUT2D eigenvalue weighted by Gasteiger charge is -2.07. The van der Waals surface area contributed by atoms with E-state index in [0.717, 1.165) is 17.7 Å². The summed E-state index contributed by atoms with van der Waals surface area (Å²) in [6, 6.07) is 9.96. The summed E-state index contributed by atoms with van der Waals surface area (Å²) in [5, 5.41) is 21.6. The van der Waals surface area contributed by atoms with Crippen molar-refractivity contribution >= 4 is 11.4 Å². The molecule has 2 N–H and O–H groups in total. The maximum Gasteiger partial charge on any atom is 0.318 e. The number of non-ortho nitro benzene ring substituents is 1. The number of nitrogens with zero attached hydrogens (tertiary/aromatic N) is 2. The SMILES string of the molecule is NCc1cccc(Oc2ccc([N+](=O)[O-])cc2[N+](=O)[O-])c1. The average Bonchev–Trinajstić information content (AvgIpc) is 2.47. The second-order valence-electron chi connectivity index (χ2n) is 4.12. The first-order valence-electron chi connectivity index (χ1n) is 5.91. The van der Waals surface area contributed by atoms with Crippen LogP contribution in [0.15, 0.2) is 42.5 Å². The minimum atomic E-state index is -0.727. The zero-order valence-corrected chi connectivity index (χ0v) is 10.8. The highest BCUT2D eigenvalue weighted by Crippen LogP contribution is 2.34. The molecule has 8 nitrogen and oxygen atoms in total. The van der Waals surface area contributed by atoms with E-state index < -0.39 is 15.5 Å². The molecule has 0 saturated heterocycles. The van der Waals surface area contributed by atoms with Crippen molar-refractivity contribution in [2.24, 2.45) is 5.73 Å². The van der Waals surface area contributed by atoms with E-state index in [-0.39, 0.29) is 11.4 Å². The number of hydrogen-bond donors (Lipinski definition) is 1. The van der Waals surface area contributed by atoms with E-state index in [1.54, 1.807) is 24.3 Å². The fraction of sp³-hybridized carbons (Fsp3) is 0.0769. The lowest BCUT2D eigenvalue weighted by Crippen LogP contribution is -1.98. The molecule has 0 amide bonds. The molecule has 0 aromatic heterocycles. The summed E-state index contributed by atoms with van der Waals surface area (Å²) in [7, 11) is 0. The van der Waals surface area contributed by atoms with Crippen molar-refractivity contribution < 1.29 is 14.6 Å². The first-order valence-corrected chi connectivity index (χ1v) is 5.91. The van der Waals surface area contributed by atoms with Gasteiger partial charge in [0.25, 0.3) is 5.69 Å². The smallest absolute Gasteiger partial charge is 0.318 e. The van der Waals surface area contributed by atoms with E-state index in [2.05, 4.69) is 0 Å². The van der Waals surface area contributed by atoms with Gasteiger partial charge in [-0.2, -0.15) is 0 Å². The van der Waals surface area contributed by atoms with Gasteiger partial charge in [0.1, 0.15) is 5.75 Å². The Bertz CT molecular complexity index is 702. The molecule has 0 fully saturated rings. The van der Waals surface area contributed by atoms with Gasteiger partial charge in [-0.15, -0.1) is 0 Å². The molecular formula is C13H11N3O5. The van der Waals surface area contributed by atoms with Crippen molar-refractivity contribution in [1.29, 1.82) is 0 Å². The summed E-state index contributed by atoms with van der Waals surface area (Å²) in [5.74, 6) is 0.301. The maximum atomic E-state index is 11.0. The molecule has 8 heteroatoms. The van der Waals surface area contributed by atoms with Gasteiger partial charge in [-0.3, -0.25) is 20.2 Å². The maximum absolute atomic E-state index is 11.0. The summed E-state index contributed by atoms with van der Waals surface area (Å²) < 4.78 is 5.43. The first kappa shape index (κ1) is 14.4. The average molecular weight is 289 g/mol. The Kier molecular flexibility index (Phi) is 4.10. The summed E-state index contributed by atoms with van der Waals surface area (Å²) in [6.45, 7) is 0.305. The van der Waals surface area contributed by atoms with Crippen LogP contribution in [0, 0.1) is 20.2 Å². The van der Waals surface area contributed by atoms with Crippen LogP contribution in [0.2, 0.25) is 0 Å². The molecule has 0 atom stereocenters. The van der Waals surface area contributed by atoms with Crippen LogP contribution in [0.3, 0.4) is 0 Å². The number of nitrogens with two attached hydrogens (primary N) is 1. The third-order valence-corrected chi connectivity index (χ3v) is 2.71. The van der Waals surface area contributed by atoms with Crippen LogP contribution < -0.4 is 10.5 Å². The summed E-state index contributed by atoms with van der Waals surface area (Å²) in [6.07, 6.45) is 0. The molecule has 0 radical (unpaired) electrons. The molecule has 108 valence electrons. The normalized spacial score (nSPS) is 10.1. The van der Waals surface area contributed by atoms with Gasteiger partial charge in [-0.05, 0) is 23.8 Å². The van der Waals surface area contributed by atoms with Crippen LogP contribution in [0.5, 0.6) is 11.5 Å². The Morgan fingerprint density at radius 2 is 1.81 bits per heavy atom. The van der Waals surface area contributed by atoms with Crippen LogP contribution in [0.25, 0.3) is 0 Å². The number of rotatable bonds is 5. The number of nitro groups is 2. The molecule has 21 heavy (non-hydrogen) atoms. The van der Waals surface area contributed by atoms with Crippen molar-refractivity contribution in [3.63, 3.8) is 0 Å². The minimum Gasteiger partial charge on any atom is -0.450 e. The highest BCUT2D eigenvalue weighted by atomic mass is 16.6. The lowest BCUT2D eigenvalue weighted by molar-refractivity contribution is -0.394. The summed E-state index contributed by atoms with van der Waals surface area (Å²) in [5.41, 5.74) is 5.47. The van der Waals surface area contributed by atoms with E-state index in [1.165, 1.54) is 6.07 Å². The van der Waals surface area contributed by atoms with Crippen molar-refractivity contribution in [3.8, 4) is 11.5 Å². The monoisotopic (exact) mass is 289 g/mol. The van der Waals surface area contributed by atoms with E-state index >= 15 is 0 Å². The predicted molar refractivity (Wildman–Crippen MR) is 74.2 cm³/mol. The van der Waals surface area contributed by atoms with Gasteiger partial charge < -0.3 is 10.5 Å². The molecular weight excluding hydrogens is 278 g/mol. The first-order chi connectivity index (χ1) is 10.0. The van der Waals surface area contributed by atoms with E-state index in [1.807, 2.05) is 0 Å². The Morgan fingerprint density at radius 1 is 1.05 bits per heavy atom. The molecule has 2 aromatic carbocycles. The fourth-order valence-corrected chi connectivity index (χ4v) is 1.71. The van der Waals surface area contributed by atoms with Crippen molar-refractivity contribution in [2.45, 2.75) is 6.54 Å². The molecule has 0 aliphatic carbocycles. The summed E-state index contributed by atoms with van der Waals surface area (Å²) >= 11 is 0. The van der Waals surface area contributed by atoms with Crippen LogP contribution in [-0.2, 0) is 6.54 Å². The van der Waals surface area contributed by atoms with E-state index in [9.17, 15) is 20.2 Å². The highest BCUT2D eigenvalue weighted by molar-refractivity contribution is 5.54. The van der Waals surface area contributed by atoms with E-state index in [0.29, 0.717) is 12.3 Å². The minimum absolute atomic E-state index is 0.0697. The lowest BCUT2D eigenvalue weighted by atomic mass is 10.2. The van der Waals surface area contributed by atoms with Crippen LogP contribution in [0.1, 0.15) is 5.56 Å². The topological polar surface area (TPSA) is 122 Å². The molecule has 0 aliphatic rings. The standard InChI is InChI=1S/C13H11N3O5/c14-8-9-2-1-3-11(6-9)21-13-5-4-10(15(17)18)7-12(13)16(19)20/h1-7H,8,14H2. The van der Waals surface area contributed by atoms with Crippen LogP contribution in [-0.4, -0.2) is 9.85 Å². The van der Waals surface area contributed by atoms with Gasteiger partial charge in [0.15, 0.2) is 0 Å². The quantitative estimate of drug-likeness (QED) is 0.667. The van der Waals surface area contributed by atoms with Gasteiger partial charge in [0.05, 0.1) is 15.9 Å². The number of nitro benzene ring substituents is 2. The van der Waals surface area contributed by atoms with Crippen molar-refractivity contribution in [1.82, 2.24) is 0 Å². The van der Waals surface area contributed by atoms with Crippen molar-refractivity contribution in [3.05, 3.63) is 68.3 Å². The Labute approximate surface area is 119 Å². The molecule has 2 rings (SSSR count). The molecule has 0 heterocycles. The Hall–Kier alpha value is -3.00. The summed E-state index contributed by atoms with van der Waals surface area (Å²) in [4.78, 5) is 20.2. The predicted octanol–water partition coefficient (Wildman–Crippen LogP) is 2.75. The Morgan fingerprint density at radius 3 is 2.43 bits per heavy atom. The van der Waals surface area contributed by atoms with Crippen LogP contribution >= 0.6 is 0 Å². The molecule has 0 spiro atoms. The molecule has 0 bridgehead atoms.